The Morgan fingerprint density at radius 2 is 2.14 bits per heavy atom. The molecule has 4 nitrogen and oxygen atoms in total. The molecule has 1 aromatic carbocycles. The first-order valence-electron chi connectivity index (χ1n) is 6.99. The fourth-order valence-electron chi connectivity index (χ4n) is 1.81. The summed E-state index contributed by atoms with van der Waals surface area (Å²) in [5.41, 5.74) is 0.919. The van der Waals surface area contributed by atoms with Crippen molar-refractivity contribution < 1.29 is 9.13 Å². The number of aliphatic imine (C=N–C) groups is 1. The van der Waals surface area contributed by atoms with E-state index >= 15 is 0 Å². The van der Waals surface area contributed by atoms with Crippen LogP contribution in [0.25, 0.3) is 0 Å². The van der Waals surface area contributed by atoms with Crippen molar-refractivity contribution in [2.45, 2.75) is 20.4 Å². The number of halogens is 2. The van der Waals surface area contributed by atoms with Crippen LogP contribution in [0.4, 0.5) is 4.39 Å². The topological polar surface area (TPSA) is 36.9 Å². The van der Waals surface area contributed by atoms with Gasteiger partial charge in [0.05, 0.1) is 13.2 Å². The van der Waals surface area contributed by atoms with Crippen LogP contribution < -0.4 is 5.32 Å². The van der Waals surface area contributed by atoms with Gasteiger partial charge in [-0.2, -0.15) is 0 Å². The lowest BCUT2D eigenvalue weighted by Gasteiger charge is -2.22. The SMILES string of the molecule is CCNC(=NCCOCC)N(C)Cc1cccc(F)c1.I. The van der Waals surface area contributed by atoms with E-state index in [1.807, 2.05) is 31.9 Å². The molecule has 0 aromatic heterocycles. The van der Waals surface area contributed by atoms with Gasteiger partial charge >= 0.3 is 0 Å². The third kappa shape index (κ3) is 8.21. The van der Waals surface area contributed by atoms with Gasteiger partial charge in [-0.3, -0.25) is 4.99 Å². The summed E-state index contributed by atoms with van der Waals surface area (Å²) in [6.45, 7) is 7.31. The second kappa shape index (κ2) is 11.7. The predicted molar refractivity (Wildman–Crippen MR) is 95.8 cm³/mol. The van der Waals surface area contributed by atoms with Crippen molar-refractivity contribution in [2.75, 3.05) is 33.4 Å². The van der Waals surface area contributed by atoms with Gasteiger partial charge in [0.2, 0.25) is 0 Å². The van der Waals surface area contributed by atoms with Crippen molar-refractivity contribution in [3.05, 3.63) is 35.6 Å². The van der Waals surface area contributed by atoms with E-state index in [-0.39, 0.29) is 29.8 Å². The molecule has 0 amide bonds. The van der Waals surface area contributed by atoms with Gasteiger partial charge in [0.1, 0.15) is 5.82 Å². The number of nitrogens with one attached hydrogen (secondary N) is 1. The first-order chi connectivity index (χ1) is 9.67. The lowest BCUT2D eigenvalue weighted by atomic mass is 10.2. The minimum absolute atomic E-state index is 0. The second-order valence-corrected chi connectivity index (χ2v) is 4.42. The molecule has 1 aromatic rings. The van der Waals surface area contributed by atoms with Gasteiger partial charge in [-0.15, -0.1) is 24.0 Å². The molecular weight excluding hydrogens is 384 g/mol. The molecule has 0 saturated heterocycles. The number of hydrogen-bond donors (Lipinski definition) is 1. The van der Waals surface area contributed by atoms with E-state index in [4.69, 9.17) is 4.74 Å². The quantitative estimate of drug-likeness (QED) is 0.326. The monoisotopic (exact) mass is 409 g/mol. The Morgan fingerprint density at radius 1 is 1.38 bits per heavy atom. The summed E-state index contributed by atoms with van der Waals surface area (Å²) in [7, 11) is 1.94. The third-order valence-corrected chi connectivity index (χ3v) is 2.71. The predicted octanol–water partition coefficient (Wildman–Crippen LogP) is 2.88. The fraction of sp³-hybridized carbons (Fsp3) is 0.533. The maximum Gasteiger partial charge on any atom is 0.194 e. The van der Waals surface area contributed by atoms with Crippen molar-refractivity contribution in [2.24, 2.45) is 4.99 Å². The molecule has 0 saturated carbocycles. The Balaban J connectivity index is 0.00000400. The zero-order valence-electron chi connectivity index (χ0n) is 12.9. The van der Waals surface area contributed by atoms with Crippen LogP contribution in [0.2, 0.25) is 0 Å². The molecule has 0 aliphatic carbocycles. The van der Waals surface area contributed by atoms with Gasteiger partial charge in [0.15, 0.2) is 5.96 Å². The van der Waals surface area contributed by atoms with E-state index in [1.54, 1.807) is 12.1 Å². The second-order valence-electron chi connectivity index (χ2n) is 4.42. The summed E-state index contributed by atoms with van der Waals surface area (Å²) in [6, 6.07) is 6.62. The van der Waals surface area contributed by atoms with E-state index in [0.717, 1.165) is 18.1 Å². The summed E-state index contributed by atoms with van der Waals surface area (Å²) in [4.78, 5) is 6.46. The number of nitrogens with zero attached hydrogens (tertiary/aromatic N) is 2. The first kappa shape index (κ1) is 20.1. The van der Waals surface area contributed by atoms with Crippen molar-refractivity contribution in [1.29, 1.82) is 0 Å². The highest BCUT2D eigenvalue weighted by Gasteiger charge is 2.06. The molecule has 1 N–H and O–H groups in total. The minimum atomic E-state index is -0.214. The van der Waals surface area contributed by atoms with Crippen LogP contribution in [0.15, 0.2) is 29.3 Å². The third-order valence-electron chi connectivity index (χ3n) is 2.71. The molecule has 0 unspecified atom stereocenters. The zero-order valence-corrected chi connectivity index (χ0v) is 15.3. The van der Waals surface area contributed by atoms with Gasteiger partial charge < -0.3 is 15.0 Å². The summed E-state index contributed by atoms with van der Waals surface area (Å²) in [5.74, 6) is 0.589. The lowest BCUT2D eigenvalue weighted by Crippen LogP contribution is -2.38. The molecular formula is C15H25FIN3O. The maximum atomic E-state index is 13.2. The van der Waals surface area contributed by atoms with Gasteiger partial charge in [-0.1, -0.05) is 12.1 Å². The maximum absolute atomic E-state index is 13.2. The summed E-state index contributed by atoms with van der Waals surface area (Å²) >= 11 is 0. The van der Waals surface area contributed by atoms with Crippen LogP contribution in [-0.2, 0) is 11.3 Å². The molecule has 0 aliphatic heterocycles. The number of rotatable bonds is 7. The normalized spacial score (nSPS) is 11.0. The molecule has 6 heteroatoms. The van der Waals surface area contributed by atoms with Gasteiger partial charge in [-0.05, 0) is 31.5 Å². The molecule has 0 aliphatic rings. The Kier molecular flexibility index (Phi) is 11.2. The number of benzene rings is 1. The van der Waals surface area contributed by atoms with Crippen LogP contribution >= 0.6 is 24.0 Å². The number of hydrogen-bond acceptors (Lipinski definition) is 2. The Morgan fingerprint density at radius 3 is 2.76 bits per heavy atom. The summed E-state index contributed by atoms with van der Waals surface area (Å²) < 4.78 is 18.4. The molecule has 1 rings (SSSR count). The molecule has 0 radical (unpaired) electrons. The molecule has 0 heterocycles. The minimum Gasteiger partial charge on any atom is -0.380 e. The van der Waals surface area contributed by atoms with Crippen LogP contribution in [0.5, 0.6) is 0 Å². The van der Waals surface area contributed by atoms with Crippen LogP contribution in [-0.4, -0.2) is 44.2 Å². The fourth-order valence-corrected chi connectivity index (χ4v) is 1.81. The van der Waals surface area contributed by atoms with Crippen LogP contribution in [0, 0.1) is 5.82 Å². The zero-order chi connectivity index (χ0) is 14.8. The van der Waals surface area contributed by atoms with Crippen molar-refractivity contribution in [3.63, 3.8) is 0 Å². The van der Waals surface area contributed by atoms with Gasteiger partial charge in [-0.25, -0.2) is 4.39 Å². The highest BCUT2D eigenvalue weighted by molar-refractivity contribution is 14.0. The average Bonchev–Trinajstić information content (AvgIpc) is 2.42. The van der Waals surface area contributed by atoms with E-state index in [2.05, 4.69) is 10.3 Å². The smallest absolute Gasteiger partial charge is 0.194 e. The van der Waals surface area contributed by atoms with E-state index in [9.17, 15) is 4.39 Å². The van der Waals surface area contributed by atoms with Crippen molar-refractivity contribution in [3.8, 4) is 0 Å². The van der Waals surface area contributed by atoms with E-state index in [1.165, 1.54) is 6.07 Å². The summed E-state index contributed by atoms with van der Waals surface area (Å²) in [6.07, 6.45) is 0. The van der Waals surface area contributed by atoms with Crippen molar-refractivity contribution >= 4 is 29.9 Å². The number of ether oxygens (including phenoxy) is 1. The molecule has 21 heavy (non-hydrogen) atoms. The van der Waals surface area contributed by atoms with Crippen LogP contribution in [0.1, 0.15) is 19.4 Å². The molecule has 0 fully saturated rings. The Hall–Kier alpha value is -0.890. The van der Waals surface area contributed by atoms with E-state index in [0.29, 0.717) is 26.3 Å². The van der Waals surface area contributed by atoms with E-state index < -0.39 is 0 Å². The van der Waals surface area contributed by atoms with Crippen LogP contribution in [0.3, 0.4) is 0 Å². The Labute approximate surface area is 143 Å². The lowest BCUT2D eigenvalue weighted by molar-refractivity contribution is 0.155. The largest absolute Gasteiger partial charge is 0.380 e. The molecule has 120 valence electrons. The van der Waals surface area contributed by atoms with Gasteiger partial charge in [0.25, 0.3) is 0 Å². The molecule has 0 spiro atoms. The molecule has 0 bridgehead atoms. The number of guanidine groups is 1. The highest BCUT2D eigenvalue weighted by Crippen LogP contribution is 2.06. The molecule has 0 atom stereocenters. The highest BCUT2D eigenvalue weighted by atomic mass is 127. The first-order valence-corrected chi connectivity index (χ1v) is 6.99. The van der Waals surface area contributed by atoms with Gasteiger partial charge in [0, 0.05) is 26.7 Å². The standard InChI is InChI=1S/C15H24FN3O.HI/c1-4-17-15(18-9-10-20-5-2)19(3)12-13-7-6-8-14(16)11-13;/h6-8,11H,4-5,9-10,12H2,1-3H3,(H,17,18);1H. The summed E-state index contributed by atoms with van der Waals surface area (Å²) in [5, 5.41) is 3.22. The Bertz CT molecular complexity index is 429. The average molecular weight is 409 g/mol. The van der Waals surface area contributed by atoms with Crippen molar-refractivity contribution in [1.82, 2.24) is 10.2 Å².